The fourth-order valence-corrected chi connectivity index (χ4v) is 4.62. The fourth-order valence-electron chi connectivity index (χ4n) is 4.62. The van der Waals surface area contributed by atoms with Gasteiger partial charge >= 0.3 is 5.97 Å². The SMILES string of the molecule is COc1c2n(cc(C(=O)O)c1=O)C[C@H]1O[C@@H]3CC[C@@]34CC4N1C2=O. The Bertz CT molecular complexity index is 861. The zero-order valence-corrected chi connectivity index (χ0v) is 13.0. The van der Waals surface area contributed by atoms with Crippen LogP contribution in [0.4, 0.5) is 0 Å². The molecule has 3 fully saturated rings. The molecule has 4 atom stereocenters. The number of aromatic nitrogens is 1. The minimum atomic E-state index is -1.34. The van der Waals surface area contributed by atoms with Gasteiger partial charge in [-0.15, -0.1) is 0 Å². The van der Waals surface area contributed by atoms with Crippen molar-refractivity contribution >= 4 is 11.9 Å². The van der Waals surface area contributed by atoms with E-state index in [9.17, 15) is 19.5 Å². The average Bonchev–Trinajstić information content (AvgIpc) is 3.29. The lowest BCUT2D eigenvalue weighted by molar-refractivity contribution is -0.196. The van der Waals surface area contributed by atoms with Crippen molar-refractivity contribution in [3.8, 4) is 5.75 Å². The molecule has 3 heterocycles. The Morgan fingerprint density at radius 1 is 1.46 bits per heavy atom. The van der Waals surface area contributed by atoms with Crippen LogP contribution in [-0.4, -0.2) is 51.9 Å². The largest absolute Gasteiger partial charge is 0.491 e. The predicted octanol–water partition coefficient (Wildman–Crippen LogP) is 0.288. The third-order valence-corrected chi connectivity index (χ3v) is 6.02. The molecule has 2 aliphatic heterocycles. The van der Waals surface area contributed by atoms with Gasteiger partial charge in [0.1, 0.15) is 5.56 Å². The van der Waals surface area contributed by atoms with Crippen LogP contribution in [0.25, 0.3) is 0 Å². The highest BCUT2D eigenvalue weighted by Gasteiger charge is 2.72. The van der Waals surface area contributed by atoms with E-state index in [0.717, 1.165) is 19.3 Å². The summed E-state index contributed by atoms with van der Waals surface area (Å²) in [6.45, 7) is 0.307. The molecule has 1 aromatic heterocycles. The molecule has 0 radical (unpaired) electrons. The van der Waals surface area contributed by atoms with Crippen LogP contribution in [0.5, 0.6) is 5.75 Å². The molecule has 0 bridgehead atoms. The van der Waals surface area contributed by atoms with E-state index < -0.39 is 23.2 Å². The van der Waals surface area contributed by atoms with Gasteiger partial charge in [0.05, 0.1) is 19.8 Å². The summed E-state index contributed by atoms with van der Waals surface area (Å²) >= 11 is 0. The van der Waals surface area contributed by atoms with Gasteiger partial charge < -0.3 is 24.0 Å². The monoisotopic (exact) mass is 332 g/mol. The molecule has 8 nitrogen and oxygen atoms in total. The van der Waals surface area contributed by atoms with Crippen LogP contribution in [0, 0.1) is 5.41 Å². The van der Waals surface area contributed by atoms with Crippen LogP contribution >= 0.6 is 0 Å². The number of hydrogen-bond donors (Lipinski definition) is 1. The number of pyridine rings is 1. The lowest BCUT2D eigenvalue weighted by Gasteiger charge is -2.51. The van der Waals surface area contributed by atoms with E-state index in [0.29, 0.717) is 6.54 Å². The normalized spacial score (nSPS) is 35.1. The van der Waals surface area contributed by atoms with E-state index in [1.54, 1.807) is 4.90 Å². The Kier molecular flexibility index (Phi) is 2.45. The quantitative estimate of drug-likeness (QED) is 0.836. The number of methoxy groups -OCH3 is 1. The molecule has 126 valence electrons. The number of carboxylic acid groups (broad SMARTS) is 1. The van der Waals surface area contributed by atoms with Gasteiger partial charge in [0.2, 0.25) is 5.43 Å². The number of ether oxygens (including phenoxy) is 2. The van der Waals surface area contributed by atoms with Gasteiger partial charge in [0.15, 0.2) is 17.7 Å². The number of carboxylic acids is 1. The van der Waals surface area contributed by atoms with E-state index >= 15 is 0 Å². The summed E-state index contributed by atoms with van der Waals surface area (Å²) in [5.41, 5.74) is -0.944. The summed E-state index contributed by atoms with van der Waals surface area (Å²) in [7, 11) is 1.27. The average molecular weight is 332 g/mol. The maximum Gasteiger partial charge on any atom is 0.341 e. The number of carbonyl (C=O) groups is 2. The van der Waals surface area contributed by atoms with Gasteiger partial charge in [0, 0.05) is 17.7 Å². The second-order valence-corrected chi connectivity index (χ2v) is 6.99. The predicted molar refractivity (Wildman–Crippen MR) is 79.1 cm³/mol. The summed E-state index contributed by atoms with van der Waals surface area (Å²) in [6, 6.07) is 0.162. The molecular weight excluding hydrogens is 316 g/mol. The van der Waals surface area contributed by atoms with Crippen LogP contribution in [0.2, 0.25) is 0 Å². The second kappa shape index (κ2) is 4.18. The molecule has 0 aromatic carbocycles. The van der Waals surface area contributed by atoms with E-state index in [1.807, 2.05) is 0 Å². The molecule has 1 unspecified atom stereocenters. The third-order valence-electron chi connectivity index (χ3n) is 6.02. The van der Waals surface area contributed by atoms with Crippen molar-refractivity contribution in [2.75, 3.05) is 7.11 Å². The Hall–Kier alpha value is -2.35. The molecule has 8 heteroatoms. The molecule has 5 rings (SSSR count). The summed E-state index contributed by atoms with van der Waals surface area (Å²) in [5, 5.41) is 9.22. The number of amides is 1. The molecule has 24 heavy (non-hydrogen) atoms. The van der Waals surface area contributed by atoms with Crippen molar-refractivity contribution in [2.24, 2.45) is 5.41 Å². The number of rotatable bonds is 2. The highest BCUT2D eigenvalue weighted by atomic mass is 16.5. The highest BCUT2D eigenvalue weighted by Crippen LogP contribution is 2.67. The van der Waals surface area contributed by atoms with Crippen molar-refractivity contribution in [3.05, 3.63) is 27.7 Å². The molecule has 4 aliphatic rings. The van der Waals surface area contributed by atoms with E-state index in [-0.39, 0.29) is 34.9 Å². The maximum absolute atomic E-state index is 13.0. The number of carbonyl (C=O) groups excluding carboxylic acids is 1. The van der Waals surface area contributed by atoms with E-state index in [2.05, 4.69) is 0 Å². The molecule has 1 spiro atoms. The smallest absolute Gasteiger partial charge is 0.341 e. The van der Waals surface area contributed by atoms with Crippen molar-refractivity contribution in [1.29, 1.82) is 0 Å². The number of aromatic carboxylic acids is 1. The lowest BCUT2D eigenvalue weighted by atomic mass is 9.76. The third kappa shape index (κ3) is 1.45. The zero-order chi connectivity index (χ0) is 16.8. The first kappa shape index (κ1) is 14.0. The molecule has 1 amide bonds. The molecule has 1 aromatic rings. The standard InChI is InChI=1S/C16H16N2O6/c1-23-13-11-14(20)18-8-4-16(8)3-2-9(16)24-10(18)6-17(11)5-7(12(13)19)15(21)22/h5,8-10H,2-4,6H2,1H3,(H,21,22)/t8?,9-,10-,16+/m1/s1. The van der Waals surface area contributed by atoms with Crippen molar-refractivity contribution in [1.82, 2.24) is 9.47 Å². The van der Waals surface area contributed by atoms with Gasteiger partial charge in [0.25, 0.3) is 5.91 Å². The van der Waals surface area contributed by atoms with Gasteiger partial charge in [-0.2, -0.15) is 0 Å². The fraction of sp³-hybridized carbons (Fsp3) is 0.562. The van der Waals surface area contributed by atoms with Crippen LogP contribution in [-0.2, 0) is 11.3 Å². The minimum absolute atomic E-state index is 0.114. The molecular formula is C16H16N2O6. The summed E-state index contributed by atoms with van der Waals surface area (Å²) in [5.74, 6) is -1.86. The van der Waals surface area contributed by atoms with Crippen LogP contribution < -0.4 is 10.2 Å². The summed E-state index contributed by atoms with van der Waals surface area (Å²) in [6.07, 6.45) is 4.02. The molecule has 1 N–H and O–H groups in total. The van der Waals surface area contributed by atoms with E-state index in [1.165, 1.54) is 17.9 Å². The minimum Gasteiger partial charge on any atom is -0.491 e. The molecule has 2 aliphatic carbocycles. The summed E-state index contributed by atoms with van der Waals surface area (Å²) < 4.78 is 12.7. The van der Waals surface area contributed by atoms with Gasteiger partial charge in [-0.25, -0.2) is 4.79 Å². The van der Waals surface area contributed by atoms with Crippen molar-refractivity contribution in [2.45, 2.75) is 44.2 Å². The van der Waals surface area contributed by atoms with Gasteiger partial charge in [-0.3, -0.25) is 9.59 Å². The first-order valence-corrected chi connectivity index (χ1v) is 8.01. The molecule has 1 saturated heterocycles. The van der Waals surface area contributed by atoms with Crippen LogP contribution in [0.15, 0.2) is 11.0 Å². The summed E-state index contributed by atoms with van der Waals surface area (Å²) in [4.78, 5) is 38.4. The Balaban J connectivity index is 1.66. The molecule has 2 saturated carbocycles. The lowest BCUT2D eigenvalue weighted by Crippen LogP contribution is -2.61. The van der Waals surface area contributed by atoms with Gasteiger partial charge in [-0.1, -0.05) is 0 Å². The Morgan fingerprint density at radius 2 is 2.25 bits per heavy atom. The number of nitrogens with zero attached hydrogens (tertiary/aromatic N) is 2. The maximum atomic E-state index is 13.0. The van der Waals surface area contributed by atoms with Crippen molar-refractivity contribution < 1.29 is 24.2 Å². The highest BCUT2D eigenvalue weighted by molar-refractivity contribution is 5.98. The van der Waals surface area contributed by atoms with Crippen LogP contribution in [0.1, 0.15) is 40.1 Å². The first-order valence-electron chi connectivity index (χ1n) is 8.01. The van der Waals surface area contributed by atoms with E-state index in [4.69, 9.17) is 9.47 Å². The Labute approximate surface area is 136 Å². The number of hydrogen-bond acceptors (Lipinski definition) is 5. The number of fused-ring (bicyclic) bond motifs is 3. The topological polar surface area (TPSA) is 98.1 Å². The Morgan fingerprint density at radius 3 is 2.88 bits per heavy atom. The second-order valence-electron chi connectivity index (χ2n) is 6.99. The zero-order valence-electron chi connectivity index (χ0n) is 13.0. The van der Waals surface area contributed by atoms with Gasteiger partial charge in [-0.05, 0) is 19.3 Å². The van der Waals surface area contributed by atoms with Crippen molar-refractivity contribution in [3.63, 3.8) is 0 Å². The van der Waals surface area contributed by atoms with Crippen LogP contribution in [0.3, 0.4) is 0 Å². The first-order chi connectivity index (χ1) is 11.5.